The highest BCUT2D eigenvalue weighted by molar-refractivity contribution is 7.89. The van der Waals surface area contributed by atoms with Gasteiger partial charge in [-0.3, -0.25) is 0 Å². The van der Waals surface area contributed by atoms with E-state index in [1.165, 1.54) is 6.07 Å². The molecule has 0 radical (unpaired) electrons. The topological polar surface area (TPSA) is 95.9 Å². The first-order chi connectivity index (χ1) is 9.46. The van der Waals surface area contributed by atoms with E-state index in [4.69, 9.17) is 4.74 Å². The molecule has 2 rings (SSSR count). The standard InChI is InChI=1S/C13H19NO5S/c1-2-13(8-15,9-16)14-20(17,18)11-3-4-12-10(7-11)5-6-19-12/h3-4,7,14-16H,2,5-6,8-9H2,1H3. The summed E-state index contributed by atoms with van der Waals surface area (Å²) < 4.78 is 32.4. The molecule has 0 unspecified atom stereocenters. The predicted octanol–water partition coefficient (Wildman–Crippen LogP) is 0.0332. The number of nitrogens with one attached hydrogen (secondary N) is 1. The zero-order chi connectivity index (χ0) is 14.8. The third-order valence-electron chi connectivity index (χ3n) is 3.60. The third-order valence-corrected chi connectivity index (χ3v) is 5.18. The molecule has 0 amide bonds. The minimum absolute atomic E-state index is 0.112. The Bertz CT molecular complexity index is 572. The van der Waals surface area contributed by atoms with Gasteiger partial charge in [-0.15, -0.1) is 0 Å². The lowest BCUT2D eigenvalue weighted by Gasteiger charge is -2.29. The van der Waals surface area contributed by atoms with Crippen molar-refractivity contribution in [1.29, 1.82) is 0 Å². The minimum atomic E-state index is -3.80. The number of benzene rings is 1. The van der Waals surface area contributed by atoms with Crippen molar-refractivity contribution in [3.05, 3.63) is 23.8 Å². The highest BCUT2D eigenvalue weighted by Crippen LogP contribution is 2.28. The predicted molar refractivity (Wildman–Crippen MR) is 73.2 cm³/mol. The first kappa shape index (κ1) is 15.2. The molecular weight excluding hydrogens is 282 g/mol. The molecule has 0 bridgehead atoms. The van der Waals surface area contributed by atoms with Crippen LogP contribution in [0.25, 0.3) is 0 Å². The van der Waals surface area contributed by atoms with Crippen molar-refractivity contribution in [1.82, 2.24) is 4.72 Å². The van der Waals surface area contributed by atoms with E-state index in [0.29, 0.717) is 18.8 Å². The van der Waals surface area contributed by atoms with Crippen LogP contribution in [0.2, 0.25) is 0 Å². The van der Waals surface area contributed by atoms with Crippen LogP contribution in [0.5, 0.6) is 5.75 Å². The first-order valence-corrected chi connectivity index (χ1v) is 7.96. The average Bonchev–Trinajstić information content (AvgIpc) is 2.92. The molecule has 3 N–H and O–H groups in total. The number of aliphatic hydroxyl groups is 2. The van der Waals surface area contributed by atoms with Gasteiger partial charge in [0.1, 0.15) is 5.75 Å². The van der Waals surface area contributed by atoms with Gasteiger partial charge in [0.05, 0.1) is 30.3 Å². The van der Waals surface area contributed by atoms with Crippen LogP contribution in [0.3, 0.4) is 0 Å². The molecule has 0 spiro atoms. The van der Waals surface area contributed by atoms with Crippen molar-refractivity contribution in [3.8, 4) is 5.75 Å². The van der Waals surface area contributed by atoms with Gasteiger partial charge in [0.2, 0.25) is 10.0 Å². The van der Waals surface area contributed by atoms with Crippen LogP contribution >= 0.6 is 0 Å². The van der Waals surface area contributed by atoms with Crippen molar-refractivity contribution < 1.29 is 23.4 Å². The SMILES string of the molecule is CCC(CO)(CO)NS(=O)(=O)c1ccc2c(c1)CCO2. The van der Waals surface area contributed by atoms with Gasteiger partial charge in [-0.2, -0.15) is 0 Å². The molecule has 0 aromatic heterocycles. The Morgan fingerprint density at radius 3 is 2.65 bits per heavy atom. The van der Waals surface area contributed by atoms with Gasteiger partial charge in [0.25, 0.3) is 0 Å². The van der Waals surface area contributed by atoms with E-state index in [9.17, 15) is 18.6 Å². The Balaban J connectivity index is 2.31. The van der Waals surface area contributed by atoms with E-state index in [1.807, 2.05) is 0 Å². The minimum Gasteiger partial charge on any atom is -0.493 e. The summed E-state index contributed by atoms with van der Waals surface area (Å²) in [4.78, 5) is 0.112. The van der Waals surface area contributed by atoms with E-state index in [0.717, 1.165) is 5.56 Å². The highest BCUT2D eigenvalue weighted by atomic mass is 32.2. The summed E-state index contributed by atoms with van der Waals surface area (Å²) in [5.74, 6) is 0.704. The molecular formula is C13H19NO5S. The Hall–Kier alpha value is -1.15. The van der Waals surface area contributed by atoms with Crippen molar-refractivity contribution in [2.45, 2.75) is 30.2 Å². The van der Waals surface area contributed by atoms with Gasteiger partial charge in [-0.1, -0.05) is 6.92 Å². The van der Waals surface area contributed by atoms with Crippen LogP contribution in [0, 0.1) is 0 Å². The van der Waals surface area contributed by atoms with Gasteiger partial charge in [-0.05, 0) is 30.2 Å². The number of ether oxygens (including phenoxy) is 1. The first-order valence-electron chi connectivity index (χ1n) is 6.48. The van der Waals surface area contributed by atoms with Crippen LogP contribution in [0.15, 0.2) is 23.1 Å². The summed E-state index contributed by atoms with van der Waals surface area (Å²) in [7, 11) is -3.80. The number of hydrogen-bond donors (Lipinski definition) is 3. The number of hydrogen-bond acceptors (Lipinski definition) is 5. The Morgan fingerprint density at radius 1 is 1.35 bits per heavy atom. The van der Waals surface area contributed by atoms with Gasteiger partial charge in [-0.25, -0.2) is 13.1 Å². The van der Waals surface area contributed by atoms with Crippen LogP contribution in [0.4, 0.5) is 0 Å². The lowest BCUT2D eigenvalue weighted by atomic mass is 10.0. The summed E-state index contributed by atoms with van der Waals surface area (Å²) in [6, 6.07) is 4.66. The fourth-order valence-electron chi connectivity index (χ4n) is 2.08. The molecule has 7 heteroatoms. The molecule has 0 saturated carbocycles. The van der Waals surface area contributed by atoms with E-state index >= 15 is 0 Å². The second-order valence-corrected chi connectivity index (χ2v) is 6.61. The number of rotatable bonds is 6. The Morgan fingerprint density at radius 2 is 2.05 bits per heavy atom. The summed E-state index contributed by atoms with van der Waals surface area (Å²) in [5.41, 5.74) is -0.392. The van der Waals surface area contributed by atoms with Crippen LogP contribution in [-0.4, -0.2) is 44.0 Å². The van der Waals surface area contributed by atoms with Crippen molar-refractivity contribution in [2.24, 2.45) is 0 Å². The van der Waals surface area contributed by atoms with Gasteiger partial charge in [0, 0.05) is 6.42 Å². The summed E-state index contributed by atoms with van der Waals surface area (Å²) in [6.45, 7) is 1.32. The smallest absolute Gasteiger partial charge is 0.241 e. The zero-order valence-corrected chi connectivity index (χ0v) is 12.1. The van der Waals surface area contributed by atoms with Crippen LogP contribution < -0.4 is 9.46 Å². The lowest BCUT2D eigenvalue weighted by molar-refractivity contribution is 0.105. The number of sulfonamides is 1. The largest absolute Gasteiger partial charge is 0.493 e. The molecule has 1 aliphatic rings. The molecule has 0 aliphatic carbocycles. The van der Waals surface area contributed by atoms with E-state index in [-0.39, 0.29) is 11.3 Å². The maximum atomic E-state index is 12.4. The zero-order valence-electron chi connectivity index (χ0n) is 11.3. The molecule has 0 atom stereocenters. The summed E-state index contributed by atoms with van der Waals surface area (Å²) in [5, 5.41) is 18.7. The molecule has 1 heterocycles. The highest BCUT2D eigenvalue weighted by Gasteiger charge is 2.33. The monoisotopic (exact) mass is 301 g/mol. The maximum Gasteiger partial charge on any atom is 0.241 e. The van der Waals surface area contributed by atoms with Crippen molar-refractivity contribution in [2.75, 3.05) is 19.8 Å². The summed E-state index contributed by atoms with van der Waals surface area (Å²) >= 11 is 0. The van der Waals surface area contributed by atoms with E-state index in [1.54, 1.807) is 19.1 Å². The second kappa shape index (κ2) is 5.69. The molecule has 1 aromatic carbocycles. The fraction of sp³-hybridized carbons (Fsp3) is 0.538. The molecule has 6 nitrogen and oxygen atoms in total. The van der Waals surface area contributed by atoms with Gasteiger partial charge < -0.3 is 14.9 Å². The Labute approximate surface area is 118 Å². The average molecular weight is 301 g/mol. The van der Waals surface area contributed by atoms with E-state index in [2.05, 4.69) is 4.72 Å². The molecule has 0 fully saturated rings. The van der Waals surface area contributed by atoms with Gasteiger partial charge >= 0.3 is 0 Å². The molecule has 20 heavy (non-hydrogen) atoms. The Kier molecular flexibility index (Phi) is 4.33. The van der Waals surface area contributed by atoms with Crippen LogP contribution in [0.1, 0.15) is 18.9 Å². The van der Waals surface area contributed by atoms with Crippen LogP contribution in [-0.2, 0) is 16.4 Å². The molecule has 0 saturated heterocycles. The van der Waals surface area contributed by atoms with Crippen molar-refractivity contribution >= 4 is 10.0 Å². The molecule has 1 aromatic rings. The number of aliphatic hydroxyl groups excluding tert-OH is 2. The fourth-order valence-corrected chi connectivity index (χ4v) is 3.59. The normalized spacial score (nSPS) is 14.9. The summed E-state index contributed by atoms with van der Waals surface area (Å²) in [6.07, 6.45) is 0.963. The second-order valence-electron chi connectivity index (χ2n) is 4.92. The number of fused-ring (bicyclic) bond motifs is 1. The quantitative estimate of drug-likeness (QED) is 0.689. The molecule has 1 aliphatic heterocycles. The molecule has 112 valence electrons. The third kappa shape index (κ3) is 2.80. The lowest BCUT2D eigenvalue weighted by Crippen LogP contribution is -2.53. The van der Waals surface area contributed by atoms with Gasteiger partial charge in [0.15, 0.2) is 0 Å². The maximum absolute atomic E-state index is 12.4. The van der Waals surface area contributed by atoms with E-state index < -0.39 is 28.8 Å². The van der Waals surface area contributed by atoms with Crippen molar-refractivity contribution in [3.63, 3.8) is 0 Å².